The van der Waals surface area contributed by atoms with Crippen molar-refractivity contribution in [3.05, 3.63) is 81.8 Å². The zero-order valence-corrected chi connectivity index (χ0v) is 19.4. The highest BCUT2D eigenvalue weighted by molar-refractivity contribution is 7.92. The molecule has 0 aromatic heterocycles. The summed E-state index contributed by atoms with van der Waals surface area (Å²) in [5.41, 5.74) is 2.12. The molecule has 0 saturated heterocycles. The number of rotatable bonds is 6. The molecule has 3 rings (SSSR count). The van der Waals surface area contributed by atoms with Crippen molar-refractivity contribution >= 4 is 62.1 Å². The van der Waals surface area contributed by atoms with Crippen molar-refractivity contribution in [1.29, 1.82) is 0 Å². The Hall–Kier alpha value is -3.07. The lowest BCUT2D eigenvalue weighted by Crippen LogP contribution is -2.17. The van der Waals surface area contributed by atoms with E-state index in [2.05, 4.69) is 15.4 Å². The van der Waals surface area contributed by atoms with Crippen molar-refractivity contribution < 1.29 is 18.0 Å². The number of sulfonamides is 1. The number of nitrogens with one attached hydrogen (secondary N) is 3. The number of halogens is 2. The number of aryl methyl sites for hydroxylation is 1. The molecule has 10 heteroatoms. The standard InChI is InChI=1S/C22H19Cl2N3O4S/c1-13-6-9-19(25-14(2)28)20(10-13)26-22(29)15-4-3-5-17(11-15)27-32(30,31)21-12-16(23)7-8-18(21)24/h3-12,27H,1-2H3,(H,25,28)(H,26,29). The van der Waals surface area contributed by atoms with Crippen LogP contribution in [0.3, 0.4) is 0 Å². The predicted molar refractivity (Wildman–Crippen MR) is 127 cm³/mol. The van der Waals surface area contributed by atoms with Crippen LogP contribution in [0.25, 0.3) is 0 Å². The van der Waals surface area contributed by atoms with Gasteiger partial charge in [-0.15, -0.1) is 0 Å². The van der Waals surface area contributed by atoms with E-state index in [1.54, 1.807) is 18.2 Å². The van der Waals surface area contributed by atoms with Crippen LogP contribution in [-0.2, 0) is 14.8 Å². The van der Waals surface area contributed by atoms with Crippen molar-refractivity contribution in [1.82, 2.24) is 0 Å². The maximum Gasteiger partial charge on any atom is 0.263 e. The first-order valence-corrected chi connectivity index (χ1v) is 11.6. The molecule has 0 saturated carbocycles. The molecule has 166 valence electrons. The summed E-state index contributed by atoms with van der Waals surface area (Å²) in [5.74, 6) is -0.760. The lowest BCUT2D eigenvalue weighted by Gasteiger charge is -2.14. The molecule has 0 aliphatic heterocycles. The fourth-order valence-corrected chi connectivity index (χ4v) is 4.68. The van der Waals surface area contributed by atoms with Gasteiger partial charge in [0.1, 0.15) is 4.90 Å². The van der Waals surface area contributed by atoms with Gasteiger partial charge >= 0.3 is 0 Å². The third kappa shape index (κ3) is 5.79. The second-order valence-corrected chi connectivity index (χ2v) is 9.44. The number of anilines is 3. The molecule has 3 aromatic carbocycles. The second-order valence-electron chi connectivity index (χ2n) is 6.95. The molecule has 0 spiro atoms. The molecule has 0 aliphatic carbocycles. The molecule has 0 aliphatic rings. The Balaban J connectivity index is 1.85. The predicted octanol–water partition coefficient (Wildman–Crippen LogP) is 5.31. The van der Waals surface area contributed by atoms with Crippen molar-refractivity contribution in [2.45, 2.75) is 18.7 Å². The van der Waals surface area contributed by atoms with Gasteiger partial charge in [-0.2, -0.15) is 0 Å². The molecule has 2 amide bonds. The number of carbonyl (C=O) groups is 2. The Morgan fingerprint density at radius 2 is 1.62 bits per heavy atom. The molecular weight excluding hydrogens is 473 g/mol. The minimum absolute atomic E-state index is 0.0146. The minimum Gasteiger partial charge on any atom is -0.325 e. The van der Waals surface area contributed by atoms with Gasteiger partial charge in [-0.3, -0.25) is 14.3 Å². The second kappa shape index (κ2) is 9.60. The van der Waals surface area contributed by atoms with Crippen LogP contribution in [0.5, 0.6) is 0 Å². The van der Waals surface area contributed by atoms with E-state index in [4.69, 9.17) is 23.2 Å². The lowest BCUT2D eigenvalue weighted by atomic mass is 10.1. The van der Waals surface area contributed by atoms with Crippen LogP contribution in [-0.4, -0.2) is 20.2 Å². The van der Waals surface area contributed by atoms with Gasteiger partial charge in [-0.05, 0) is 61.0 Å². The molecular formula is C22H19Cl2N3O4S. The zero-order chi connectivity index (χ0) is 23.5. The van der Waals surface area contributed by atoms with Crippen molar-refractivity contribution in [3.8, 4) is 0 Å². The van der Waals surface area contributed by atoms with Gasteiger partial charge in [0.25, 0.3) is 15.9 Å². The van der Waals surface area contributed by atoms with Gasteiger partial charge < -0.3 is 10.6 Å². The Kier molecular flexibility index (Phi) is 7.08. The Bertz CT molecular complexity index is 1310. The number of hydrogen-bond donors (Lipinski definition) is 3. The van der Waals surface area contributed by atoms with E-state index in [1.807, 2.05) is 6.92 Å². The molecule has 0 bridgehead atoms. The summed E-state index contributed by atoms with van der Waals surface area (Å²) < 4.78 is 27.9. The highest BCUT2D eigenvalue weighted by Gasteiger charge is 2.19. The van der Waals surface area contributed by atoms with E-state index in [0.29, 0.717) is 11.4 Å². The van der Waals surface area contributed by atoms with Crippen LogP contribution in [0.1, 0.15) is 22.8 Å². The minimum atomic E-state index is -4.04. The summed E-state index contributed by atoms with van der Waals surface area (Å²) in [6, 6.07) is 15.3. The number of benzene rings is 3. The van der Waals surface area contributed by atoms with Gasteiger partial charge in [-0.1, -0.05) is 35.3 Å². The monoisotopic (exact) mass is 491 g/mol. The van der Waals surface area contributed by atoms with E-state index >= 15 is 0 Å². The fourth-order valence-electron chi connectivity index (χ4n) is 2.87. The molecule has 0 fully saturated rings. The summed E-state index contributed by atoms with van der Waals surface area (Å²) in [6.45, 7) is 3.22. The summed E-state index contributed by atoms with van der Waals surface area (Å²) in [5, 5.41) is 5.63. The molecule has 0 heterocycles. The Labute approximate surface area is 195 Å². The van der Waals surface area contributed by atoms with Gasteiger partial charge in [0, 0.05) is 23.2 Å². The van der Waals surface area contributed by atoms with Gasteiger partial charge in [0.2, 0.25) is 5.91 Å². The third-order valence-corrected chi connectivity index (χ3v) is 6.39. The van der Waals surface area contributed by atoms with Gasteiger partial charge in [0.05, 0.1) is 16.4 Å². The van der Waals surface area contributed by atoms with E-state index in [-0.39, 0.29) is 32.1 Å². The SMILES string of the molecule is CC(=O)Nc1ccc(C)cc1NC(=O)c1cccc(NS(=O)(=O)c2cc(Cl)ccc2Cl)c1. The molecule has 0 unspecified atom stereocenters. The van der Waals surface area contributed by atoms with E-state index in [9.17, 15) is 18.0 Å². The zero-order valence-electron chi connectivity index (χ0n) is 17.1. The molecule has 0 radical (unpaired) electrons. The Morgan fingerprint density at radius 3 is 2.34 bits per heavy atom. The highest BCUT2D eigenvalue weighted by atomic mass is 35.5. The normalized spacial score (nSPS) is 11.0. The average Bonchev–Trinajstić information content (AvgIpc) is 2.71. The summed E-state index contributed by atoms with van der Waals surface area (Å²) in [7, 11) is -4.04. The van der Waals surface area contributed by atoms with Crippen LogP contribution in [0.2, 0.25) is 10.0 Å². The third-order valence-electron chi connectivity index (χ3n) is 4.29. The number of amides is 2. The fraction of sp³-hybridized carbons (Fsp3) is 0.0909. The molecule has 3 aromatic rings. The van der Waals surface area contributed by atoms with Crippen molar-refractivity contribution in [2.75, 3.05) is 15.4 Å². The van der Waals surface area contributed by atoms with Crippen LogP contribution in [0.15, 0.2) is 65.6 Å². The smallest absolute Gasteiger partial charge is 0.263 e. The number of hydrogen-bond acceptors (Lipinski definition) is 4. The first-order valence-electron chi connectivity index (χ1n) is 9.33. The first kappa shape index (κ1) is 23.6. The maximum absolute atomic E-state index is 12.8. The topological polar surface area (TPSA) is 104 Å². The maximum atomic E-state index is 12.8. The van der Waals surface area contributed by atoms with Crippen molar-refractivity contribution in [3.63, 3.8) is 0 Å². The molecule has 0 atom stereocenters. The Morgan fingerprint density at radius 1 is 0.875 bits per heavy atom. The molecule has 3 N–H and O–H groups in total. The number of carbonyl (C=O) groups excluding carboxylic acids is 2. The van der Waals surface area contributed by atoms with E-state index < -0.39 is 15.9 Å². The summed E-state index contributed by atoms with van der Waals surface area (Å²) in [4.78, 5) is 24.1. The average molecular weight is 492 g/mol. The van der Waals surface area contributed by atoms with Gasteiger partial charge in [0.15, 0.2) is 0 Å². The van der Waals surface area contributed by atoms with Crippen LogP contribution in [0.4, 0.5) is 17.1 Å². The largest absolute Gasteiger partial charge is 0.325 e. The molecule has 32 heavy (non-hydrogen) atoms. The van der Waals surface area contributed by atoms with Crippen LogP contribution >= 0.6 is 23.2 Å². The summed E-state index contributed by atoms with van der Waals surface area (Å²) in [6.07, 6.45) is 0. The van der Waals surface area contributed by atoms with E-state index in [0.717, 1.165) is 5.56 Å². The lowest BCUT2D eigenvalue weighted by molar-refractivity contribution is -0.114. The van der Waals surface area contributed by atoms with E-state index in [1.165, 1.54) is 49.4 Å². The van der Waals surface area contributed by atoms with Crippen LogP contribution in [0, 0.1) is 6.92 Å². The van der Waals surface area contributed by atoms with Crippen molar-refractivity contribution in [2.24, 2.45) is 0 Å². The molecule has 7 nitrogen and oxygen atoms in total. The first-order chi connectivity index (χ1) is 15.0. The summed E-state index contributed by atoms with van der Waals surface area (Å²) >= 11 is 11.9. The highest BCUT2D eigenvalue weighted by Crippen LogP contribution is 2.28. The van der Waals surface area contributed by atoms with Crippen LogP contribution < -0.4 is 15.4 Å². The quantitative estimate of drug-likeness (QED) is 0.434. The van der Waals surface area contributed by atoms with Gasteiger partial charge in [-0.25, -0.2) is 8.42 Å².